The van der Waals surface area contributed by atoms with Gasteiger partial charge in [0.15, 0.2) is 0 Å². The van der Waals surface area contributed by atoms with E-state index in [0.717, 1.165) is 23.6 Å². The molecule has 2 aromatic rings. The highest BCUT2D eigenvalue weighted by Crippen LogP contribution is 2.22. The lowest BCUT2D eigenvalue weighted by Crippen LogP contribution is -2.10. The molecule has 0 aliphatic rings. The number of nitrogen functional groups attached to an aromatic ring is 1. The zero-order valence-electron chi connectivity index (χ0n) is 15.0. The molecule has 134 valence electrons. The fraction of sp³-hybridized carbons (Fsp3) is 0.429. The summed E-state index contributed by atoms with van der Waals surface area (Å²) in [5.41, 5.74) is 6.20. The van der Waals surface area contributed by atoms with Crippen molar-refractivity contribution in [2.45, 2.75) is 58.3 Å². The molecule has 2 aromatic carbocycles. The Balaban J connectivity index is 1.80. The fourth-order valence-electron chi connectivity index (χ4n) is 2.86. The minimum atomic E-state index is -0.173. The van der Waals surface area contributed by atoms with E-state index in [-0.39, 0.29) is 11.8 Å². The third-order valence-electron chi connectivity index (χ3n) is 4.34. The van der Waals surface area contributed by atoms with Gasteiger partial charge in [-0.1, -0.05) is 63.6 Å². The van der Waals surface area contributed by atoms with Crippen molar-refractivity contribution in [3.8, 4) is 5.75 Å². The third-order valence-corrected chi connectivity index (χ3v) is 4.34. The van der Waals surface area contributed by atoms with Crippen molar-refractivity contribution in [1.82, 2.24) is 0 Å². The van der Waals surface area contributed by atoms with Crippen LogP contribution >= 0.6 is 0 Å². The van der Waals surface area contributed by atoms with Gasteiger partial charge in [-0.15, -0.1) is 0 Å². The van der Waals surface area contributed by atoms with Gasteiger partial charge in [-0.05, 0) is 35.4 Å². The van der Waals surface area contributed by atoms with Gasteiger partial charge >= 0.3 is 5.97 Å². The van der Waals surface area contributed by atoms with E-state index in [4.69, 9.17) is 15.9 Å². The van der Waals surface area contributed by atoms with Gasteiger partial charge < -0.3 is 10.5 Å². The van der Waals surface area contributed by atoms with Gasteiger partial charge in [-0.3, -0.25) is 10.2 Å². The normalized spacial score (nSPS) is 10.8. The lowest BCUT2D eigenvalue weighted by Gasteiger charge is -2.07. The van der Waals surface area contributed by atoms with Crippen molar-refractivity contribution in [3.63, 3.8) is 0 Å². The minimum absolute atomic E-state index is 0.0482. The van der Waals surface area contributed by atoms with Crippen LogP contribution < -0.4 is 10.5 Å². The molecule has 2 rings (SSSR count). The highest BCUT2D eigenvalue weighted by molar-refractivity contribution is 5.99. The highest BCUT2D eigenvalue weighted by atomic mass is 16.5. The number of unbranched alkanes of at least 4 members (excludes halogenated alkanes) is 6. The second-order valence-corrected chi connectivity index (χ2v) is 6.48. The molecule has 0 saturated carbocycles. The number of hydrogen-bond acceptors (Lipinski definition) is 3. The van der Waals surface area contributed by atoms with Crippen molar-refractivity contribution in [3.05, 3.63) is 42.0 Å². The van der Waals surface area contributed by atoms with Crippen LogP contribution in [0.2, 0.25) is 0 Å². The van der Waals surface area contributed by atoms with Gasteiger partial charge in [0.1, 0.15) is 11.6 Å². The monoisotopic (exact) mass is 340 g/mol. The standard InChI is InChI=1S/C21H28N2O2/c1-2-3-4-5-6-7-8-9-20(24)25-19-13-12-16-14-18(21(22)23)11-10-17(16)15-19/h10-15H,2-9H2,1H3,(H3,22,23). The van der Waals surface area contributed by atoms with Crippen molar-refractivity contribution in [2.75, 3.05) is 0 Å². The average molecular weight is 340 g/mol. The first-order chi connectivity index (χ1) is 12.1. The molecule has 0 amide bonds. The molecule has 0 fully saturated rings. The van der Waals surface area contributed by atoms with Crippen molar-refractivity contribution in [1.29, 1.82) is 5.41 Å². The second-order valence-electron chi connectivity index (χ2n) is 6.48. The number of hydrogen-bond donors (Lipinski definition) is 2. The molecule has 0 aliphatic carbocycles. The first-order valence-corrected chi connectivity index (χ1v) is 9.19. The molecule has 0 atom stereocenters. The van der Waals surface area contributed by atoms with E-state index in [0.29, 0.717) is 17.7 Å². The van der Waals surface area contributed by atoms with Crippen molar-refractivity contribution < 1.29 is 9.53 Å². The molecule has 0 heterocycles. The van der Waals surface area contributed by atoms with Gasteiger partial charge in [0.05, 0.1) is 0 Å². The number of nitrogens with one attached hydrogen (secondary N) is 1. The number of ether oxygens (including phenoxy) is 1. The molecule has 4 heteroatoms. The quantitative estimate of drug-likeness (QED) is 0.206. The Kier molecular flexibility index (Phi) is 7.45. The van der Waals surface area contributed by atoms with Crippen molar-refractivity contribution in [2.24, 2.45) is 5.73 Å². The van der Waals surface area contributed by atoms with Crippen LogP contribution in [0.1, 0.15) is 63.9 Å². The Morgan fingerprint density at radius 3 is 2.32 bits per heavy atom. The van der Waals surface area contributed by atoms with Gasteiger partial charge in [-0.25, -0.2) is 0 Å². The van der Waals surface area contributed by atoms with Crippen LogP contribution in [-0.2, 0) is 4.79 Å². The van der Waals surface area contributed by atoms with Crippen LogP contribution in [0.25, 0.3) is 10.8 Å². The lowest BCUT2D eigenvalue weighted by atomic mass is 10.1. The van der Waals surface area contributed by atoms with Crippen LogP contribution in [-0.4, -0.2) is 11.8 Å². The first kappa shape index (κ1) is 19.0. The molecule has 0 spiro atoms. The summed E-state index contributed by atoms with van der Waals surface area (Å²) < 4.78 is 5.44. The number of rotatable bonds is 10. The summed E-state index contributed by atoms with van der Waals surface area (Å²) in [7, 11) is 0. The van der Waals surface area contributed by atoms with Crippen LogP contribution in [0.5, 0.6) is 5.75 Å². The molecule has 25 heavy (non-hydrogen) atoms. The second kappa shape index (κ2) is 9.82. The van der Waals surface area contributed by atoms with Gasteiger partial charge in [-0.2, -0.15) is 0 Å². The largest absolute Gasteiger partial charge is 0.427 e. The van der Waals surface area contributed by atoms with Crippen LogP contribution in [0, 0.1) is 5.41 Å². The molecular weight excluding hydrogens is 312 g/mol. The Hall–Kier alpha value is -2.36. The molecule has 0 bridgehead atoms. The van der Waals surface area contributed by atoms with E-state index < -0.39 is 0 Å². The number of carbonyl (C=O) groups is 1. The van der Waals surface area contributed by atoms with E-state index in [9.17, 15) is 4.79 Å². The van der Waals surface area contributed by atoms with Gasteiger partial charge in [0.25, 0.3) is 0 Å². The Bertz CT molecular complexity index is 725. The summed E-state index contributed by atoms with van der Waals surface area (Å²) in [6, 6.07) is 11.1. The Morgan fingerprint density at radius 2 is 1.60 bits per heavy atom. The minimum Gasteiger partial charge on any atom is -0.427 e. The smallest absolute Gasteiger partial charge is 0.311 e. The van der Waals surface area contributed by atoms with Crippen LogP contribution in [0.15, 0.2) is 36.4 Å². The maximum atomic E-state index is 12.0. The summed E-state index contributed by atoms with van der Waals surface area (Å²) in [6.07, 6.45) is 8.76. The summed E-state index contributed by atoms with van der Waals surface area (Å²) in [5, 5.41) is 9.42. The predicted molar refractivity (Wildman–Crippen MR) is 103 cm³/mol. The fourth-order valence-corrected chi connectivity index (χ4v) is 2.86. The zero-order chi connectivity index (χ0) is 18.1. The van der Waals surface area contributed by atoms with Gasteiger partial charge in [0, 0.05) is 12.0 Å². The SMILES string of the molecule is CCCCCCCCCC(=O)Oc1ccc2cc(C(=N)N)ccc2c1. The lowest BCUT2D eigenvalue weighted by molar-refractivity contribution is -0.134. The number of carbonyl (C=O) groups excluding carboxylic acids is 1. The summed E-state index contributed by atoms with van der Waals surface area (Å²) in [4.78, 5) is 12.0. The highest BCUT2D eigenvalue weighted by Gasteiger charge is 2.06. The predicted octanol–water partition coefficient (Wildman–Crippen LogP) is 5.17. The maximum absolute atomic E-state index is 12.0. The average Bonchev–Trinajstić information content (AvgIpc) is 2.60. The topological polar surface area (TPSA) is 76.2 Å². The van der Waals surface area contributed by atoms with E-state index in [2.05, 4.69) is 6.92 Å². The van der Waals surface area contributed by atoms with E-state index in [1.54, 1.807) is 12.1 Å². The van der Waals surface area contributed by atoms with E-state index in [1.807, 2.05) is 24.3 Å². The maximum Gasteiger partial charge on any atom is 0.311 e. The number of nitrogens with two attached hydrogens (primary N) is 1. The van der Waals surface area contributed by atoms with E-state index in [1.165, 1.54) is 32.1 Å². The molecule has 0 saturated heterocycles. The zero-order valence-corrected chi connectivity index (χ0v) is 15.0. The molecule has 3 N–H and O–H groups in total. The molecule has 0 aliphatic heterocycles. The number of amidine groups is 1. The first-order valence-electron chi connectivity index (χ1n) is 9.19. The Labute approximate surface area is 149 Å². The number of fused-ring (bicyclic) bond motifs is 1. The number of esters is 1. The van der Waals surface area contributed by atoms with Crippen LogP contribution in [0.3, 0.4) is 0 Å². The number of benzene rings is 2. The molecule has 0 aromatic heterocycles. The summed E-state index contributed by atoms with van der Waals surface area (Å²) >= 11 is 0. The third kappa shape index (κ3) is 6.22. The molecular formula is C21H28N2O2. The van der Waals surface area contributed by atoms with E-state index >= 15 is 0 Å². The molecule has 0 radical (unpaired) electrons. The molecule has 0 unspecified atom stereocenters. The van der Waals surface area contributed by atoms with Crippen molar-refractivity contribution >= 4 is 22.6 Å². The Morgan fingerprint density at radius 1 is 0.960 bits per heavy atom. The molecule has 4 nitrogen and oxygen atoms in total. The van der Waals surface area contributed by atoms with Gasteiger partial charge in [0.2, 0.25) is 0 Å². The summed E-state index contributed by atoms with van der Waals surface area (Å²) in [6.45, 7) is 2.21. The summed E-state index contributed by atoms with van der Waals surface area (Å²) in [5.74, 6) is 0.441. The van der Waals surface area contributed by atoms with Crippen LogP contribution in [0.4, 0.5) is 0 Å².